The summed E-state index contributed by atoms with van der Waals surface area (Å²) in [7, 11) is 0. The molecule has 27 heavy (non-hydrogen) atoms. The number of benzene rings is 2. The van der Waals surface area contributed by atoms with Crippen LogP contribution < -0.4 is 14.8 Å². The van der Waals surface area contributed by atoms with E-state index in [4.69, 9.17) is 27.9 Å². The quantitative estimate of drug-likeness (QED) is 0.480. The molecule has 7 heteroatoms. The van der Waals surface area contributed by atoms with Gasteiger partial charge in [0.2, 0.25) is 0 Å². The molecule has 2 aromatic carbocycles. The van der Waals surface area contributed by atoms with E-state index in [0.717, 1.165) is 27.7 Å². The molecule has 0 bridgehead atoms. The molecule has 0 fully saturated rings. The van der Waals surface area contributed by atoms with Crippen molar-refractivity contribution < 1.29 is 4.74 Å². The van der Waals surface area contributed by atoms with Crippen molar-refractivity contribution in [2.24, 2.45) is 0 Å². The van der Waals surface area contributed by atoms with Gasteiger partial charge in [-0.3, -0.25) is 4.79 Å². The third kappa shape index (κ3) is 3.10. The van der Waals surface area contributed by atoms with Crippen LogP contribution in [0.2, 0.25) is 10.0 Å². The second-order valence-corrected chi connectivity index (χ2v) is 8.14. The number of nitrogens with zero attached hydrogens (tertiary/aromatic N) is 2. The van der Waals surface area contributed by atoms with Gasteiger partial charge in [-0.05, 0) is 67.8 Å². The van der Waals surface area contributed by atoms with Crippen molar-refractivity contribution in [3.63, 3.8) is 0 Å². The highest BCUT2D eigenvalue weighted by Gasteiger charge is 2.13. The minimum absolute atomic E-state index is 0.0955. The summed E-state index contributed by atoms with van der Waals surface area (Å²) in [6, 6.07) is 7.50. The maximum absolute atomic E-state index is 13.0. The first kappa shape index (κ1) is 18.3. The van der Waals surface area contributed by atoms with Crippen molar-refractivity contribution in [2.75, 3.05) is 6.61 Å². The van der Waals surface area contributed by atoms with E-state index in [9.17, 15) is 4.79 Å². The number of thiazole rings is 1. The second kappa shape index (κ2) is 6.82. The van der Waals surface area contributed by atoms with E-state index in [1.54, 1.807) is 22.6 Å². The summed E-state index contributed by atoms with van der Waals surface area (Å²) in [6.07, 6.45) is 1.78. The van der Waals surface area contributed by atoms with Crippen molar-refractivity contribution in [1.82, 2.24) is 9.38 Å². The second-order valence-electron chi connectivity index (χ2n) is 6.32. The maximum Gasteiger partial charge on any atom is 0.274 e. The first-order valence-corrected chi connectivity index (χ1v) is 10.0. The fourth-order valence-corrected chi connectivity index (χ4v) is 4.61. The number of aromatic nitrogens is 2. The van der Waals surface area contributed by atoms with Crippen LogP contribution in [0.15, 0.2) is 29.1 Å². The van der Waals surface area contributed by atoms with Crippen LogP contribution in [-0.2, 0) is 0 Å². The zero-order valence-electron chi connectivity index (χ0n) is 15.0. The summed E-state index contributed by atoms with van der Waals surface area (Å²) in [5, 5.41) is 0.835. The molecule has 4 rings (SSSR count). The molecule has 2 heterocycles. The fourth-order valence-electron chi connectivity index (χ4n) is 3.01. The summed E-state index contributed by atoms with van der Waals surface area (Å²) in [5.41, 5.74) is 4.60. The number of rotatable bonds is 3. The molecule has 4 nitrogen and oxygen atoms in total. The predicted octanol–water partition coefficient (Wildman–Crippen LogP) is 4.78. The lowest BCUT2D eigenvalue weighted by atomic mass is 10.1. The SMILES string of the molecule is CCOc1c(Cl)cc(/C=c2\sc3nc4cc(C)c(C)cc4n3c2=O)cc1Cl. The number of hydrogen-bond acceptors (Lipinski definition) is 4. The molecular formula is C20H16Cl2N2O2S. The molecule has 4 aromatic rings. The Morgan fingerprint density at radius 3 is 2.48 bits per heavy atom. The molecule has 0 aliphatic heterocycles. The third-order valence-electron chi connectivity index (χ3n) is 4.46. The molecule has 0 unspecified atom stereocenters. The van der Waals surface area contributed by atoms with E-state index in [0.29, 0.717) is 31.9 Å². The normalized spacial score (nSPS) is 12.4. The Morgan fingerprint density at radius 2 is 1.81 bits per heavy atom. The van der Waals surface area contributed by atoms with Gasteiger partial charge >= 0.3 is 0 Å². The van der Waals surface area contributed by atoms with Gasteiger partial charge in [-0.25, -0.2) is 9.38 Å². The van der Waals surface area contributed by atoms with Gasteiger partial charge in [0.1, 0.15) is 0 Å². The summed E-state index contributed by atoms with van der Waals surface area (Å²) in [6.45, 7) is 6.41. The Labute approximate surface area is 169 Å². The monoisotopic (exact) mass is 418 g/mol. The number of halogens is 2. The third-order valence-corrected chi connectivity index (χ3v) is 5.99. The Bertz CT molecular complexity index is 1280. The zero-order valence-corrected chi connectivity index (χ0v) is 17.3. The van der Waals surface area contributed by atoms with Crippen LogP contribution in [-0.4, -0.2) is 16.0 Å². The van der Waals surface area contributed by atoms with Gasteiger partial charge in [0.25, 0.3) is 5.56 Å². The fraction of sp³-hybridized carbons (Fsp3) is 0.200. The van der Waals surface area contributed by atoms with Gasteiger partial charge in [-0.2, -0.15) is 0 Å². The topological polar surface area (TPSA) is 43.6 Å². The van der Waals surface area contributed by atoms with Crippen molar-refractivity contribution in [2.45, 2.75) is 20.8 Å². The first-order valence-electron chi connectivity index (χ1n) is 8.45. The summed E-state index contributed by atoms with van der Waals surface area (Å²) >= 11 is 13.9. The lowest BCUT2D eigenvalue weighted by Gasteiger charge is -2.08. The van der Waals surface area contributed by atoms with Gasteiger partial charge in [-0.1, -0.05) is 34.5 Å². The molecule has 0 amide bonds. The zero-order chi connectivity index (χ0) is 19.3. The molecule has 138 valence electrons. The highest BCUT2D eigenvalue weighted by Crippen LogP contribution is 2.34. The molecule has 0 aliphatic rings. The molecule has 0 saturated heterocycles. The molecule has 0 aliphatic carbocycles. The Morgan fingerprint density at radius 1 is 1.15 bits per heavy atom. The Balaban J connectivity index is 1.91. The van der Waals surface area contributed by atoms with E-state index >= 15 is 0 Å². The number of aryl methyl sites for hydroxylation is 2. The number of imidazole rings is 1. The van der Waals surface area contributed by atoms with Gasteiger partial charge in [0.05, 0.1) is 32.2 Å². The van der Waals surface area contributed by atoms with Crippen molar-refractivity contribution in [3.8, 4) is 5.75 Å². The van der Waals surface area contributed by atoms with Gasteiger partial charge < -0.3 is 4.74 Å². The predicted molar refractivity (Wildman–Crippen MR) is 113 cm³/mol. The largest absolute Gasteiger partial charge is 0.491 e. The van der Waals surface area contributed by atoms with Crippen LogP contribution in [0.3, 0.4) is 0 Å². The number of hydrogen-bond donors (Lipinski definition) is 0. The van der Waals surface area contributed by atoms with E-state index in [-0.39, 0.29) is 5.56 Å². The van der Waals surface area contributed by atoms with Gasteiger partial charge in [-0.15, -0.1) is 0 Å². The minimum Gasteiger partial charge on any atom is -0.491 e. The highest BCUT2D eigenvalue weighted by molar-refractivity contribution is 7.15. The maximum atomic E-state index is 13.0. The van der Waals surface area contributed by atoms with Crippen LogP contribution in [0.1, 0.15) is 23.6 Å². The lowest BCUT2D eigenvalue weighted by molar-refractivity contribution is 0.340. The van der Waals surface area contributed by atoms with Crippen LogP contribution in [0.4, 0.5) is 0 Å². The Hall–Kier alpha value is -2.08. The lowest BCUT2D eigenvalue weighted by Crippen LogP contribution is -2.22. The molecule has 0 N–H and O–H groups in total. The van der Waals surface area contributed by atoms with Crippen molar-refractivity contribution in [3.05, 3.63) is 65.9 Å². The smallest absolute Gasteiger partial charge is 0.274 e. The van der Waals surface area contributed by atoms with E-state index in [1.165, 1.54) is 11.3 Å². The van der Waals surface area contributed by atoms with Crippen molar-refractivity contribution >= 4 is 56.6 Å². The van der Waals surface area contributed by atoms with Gasteiger partial charge in [0, 0.05) is 0 Å². The summed E-state index contributed by atoms with van der Waals surface area (Å²) in [5.74, 6) is 0.457. The van der Waals surface area contributed by atoms with E-state index in [2.05, 4.69) is 4.98 Å². The molecular weight excluding hydrogens is 403 g/mol. The molecule has 0 atom stereocenters. The summed E-state index contributed by atoms with van der Waals surface area (Å²) in [4.78, 5) is 18.2. The minimum atomic E-state index is -0.0955. The number of fused-ring (bicyclic) bond motifs is 3. The van der Waals surface area contributed by atoms with Crippen LogP contribution in [0.25, 0.3) is 22.1 Å². The number of ether oxygens (including phenoxy) is 1. The molecule has 0 saturated carbocycles. The van der Waals surface area contributed by atoms with Crippen LogP contribution in [0, 0.1) is 13.8 Å². The highest BCUT2D eigenvalue weighted by atomic mass is 35.5. The van der Waals surface area contributed by atoms with Crippen LogP contribution in [0.5, 0.6) is 5.75 Å². The van der Waals surface area contributed by atoms with E-state index < -0.39 is 0 Å². The average Bonchev–Trinajstić information content (AvgIpc) is 3.08. The van der Waals surface area contributed by atoms with Gasteiger partial charge in [0.15, 0.2) is 10.7 Å². The molecule has 2 aromatic heterocycles. The van der Waals surface area contributed by atoms with E-state index in [1.807, 2.05) is 32.9 Å². The first-order chi connectivity index (χ1) is 12.9. The average molecular weight is 419 g/mol. The summed E-state index contributed by atoms with van der Waals surface area (Å²) < 4.78 is 7.69. The standard InChI is InChI=1S/C20H16Cl2N2O2S/c1-4-26-18-13(21)7-12(8-14(18)22)9-17-19(25)24-16-6-11(3)10(2)5-15(16)23-20(24)27-17/h5-9H,4H2,1-3H3/b17-9-. The molecule has 0 radical (unpaired) electrons. The van der Waals surface area contributed by atoms with Crippen molar-refractivity contribution in [1.29, 1.82) is 0 Å². The Kier molecular flexibility index (Phi) is 4.62. The van der Waals surface area contributed by atoms with Crippen LogP contribution >= 0.6 is 34.5 Å². The molecule has 0 spiro atoms.